The maximum absolute atomic E-state index is 13.0. The number of benzene rings is 2. The quantitative estimate of drug-likeness (QED) is 0.576. The molecule has 0 bridgehead atoms. The Bertz CT molecular complexity index is 1160. The second-order valence-electron chi connectivity index (χ2n) is 8.25. The van der Waals surface area contributed by atoms with E-state index in [-0.39, 0.29) is 11.5 Å². The molecule has 0 saturated carbocycles. The number of piperazine rings is 1. The van der Waals surface area contributed by atoms with Crippen molar-refractivity contribution in [3.8, 4) is 0 Å². The van der Waals surface area contributed by atoms with Gasteiger partial charge in [-0.25, -0.2) is 4.98 Å². The number of amides is 2. The summed E-state index contributed by atoms with van der Waals surface area (Å²) in [5, 5.41) is 2.89. The number of hydrogen-bond acceptors (Lipinski definition) is 4. The first-order valence-electron chi connectivity index (χ1n) is 11.3. The number of carbonyl (C=O) groups is 2. The number of hydrogen-bond donors (Lipinski definition) is 1. The van der Waals surface area contributed by atoms with Crippen molar-refractivity contribution in [1.29, 1.82) is 0 Å². The van der Waals surface area contributed by atoms with Crippen LogP contribution in [0.1, 0.15) is 31.8 Å². The van der Waals surface area contributed by atoms with Crippen molar-refractivity contribution in [3.63, 3.8) is 0 Å². The van der Waals surface area contributed by atoms with Crippen LogP contribution in [-0.2, 0) is 12.6 Å². The first-order valence-corrected chi connectivity index (χ1v) is 11.3. The molecule has 1 aliphatic heterocycles. The van der Waals surface area contributed by atoms with Gasteiger partial charge in [0.05, 0.1) is 11.1 Å². The molecule has 0 radical (unpaired) electrons. The van der Waals surface area contributed by atoms with Crippen LogP contribution < -0.4 is 10.2 Å². The smallest absolute Gasteiger partial charge is 0.353 e. The van der Waals surface area contributed by atoms with E-state index in [0.717, 1.165) is 24.1 Å². The van der Waals surface area contributed by atoms with Crippen molar-refractivity contribution >= 4 is 17.6 Å². The lowest BCUT2D eigenvalue weighted by molar-refractivity contribution is -0.137. The molecular weight excluding hydrogens is 457 g/mol. The standard InChI is InChI=1S/C26H25F3N4O2/c27-26(28,29)22-8-4-7-20(17-22)25(35)33-15-13-32(14-16-33)23-10-9-21(18-31-23)24(34)30-12-11-19-5-2-1-3-6-19/h1-10,17-18H,11-16H2,(H,30,34). The Balaban J connectivity index is 1.28. The highest BCUT2D eigenvalue weighted by Crippen LogP contribution is 2.30. The molecule has 6 nitrogen and oxygen atoms in total. The van der Waals surface area contributed by atoms with Crippen LogP contribution in [0.4, 0.5) is 19.0 Å². The number of alkyl halides is 3. The Morgan fingerprint density at radius 3 is 2.29 bits per heavy atom. The van der Waals surface area contributed by atoms with E-state index in [1.165, 1.54) is 18.3 Å². The molecule has 1 aliphatic rings. The van der Waals surface area contributed by atoms with E-state index < -0.39 is 17.6 Å². The average molecular weight is 483 g/mol. The van der Waals surface area contributed by atoms with Gasteiger partial charge < -0.3 is 15.1 Å². The number of carbonyl (C=O) groups excluding carboxylic acids is 2. The van der Waals surface area contributed by atoms with Gasteiger partial charge in [0, 0.05) is 44.5 Å². The number of nitrogens with zero attached hydrogens (tertiary/aromatic N) is 3. The van der Waals surface area contributed by atoms with Crippen molar-refractivity contribution in [2.45, 2.75) is 12.6 Å². The molecule has 182 valence electrons. The van der Waals surface area contributed by atoms with Crippen LogP contribution in [0, 0.1) is 0 Å². The summed E-state index contributed by atoms with van der Waals surface area (Å²) >= 11 is 0. The predicted molar refractivity (Wildman–Crippen MR) is 126 cm³/mol. The van der Waals surface area contributed by atoms with E-state index >= 15 is 0 Å². The van der Waals surface area contributed by atoms with Gasteiger partial charge in [-0.15, -0.1) is 0 Å². The zero-order valence-corrected chi connectivity index (χ0v) is 19.0. The SMILES string of the molecule is O=C(NCCc1ccccc1)c1ccc(N2CCN(C(=O)c3cccc(C(F)(F)F)c3)CC2)nc1. The van der Waals surface area contributed by atoms with Gasteiger partial charge in [-0.1, -0.05) is 36.4 Å². The van der Waals surface area contributed by atoms with Crippen molar-refractivity contribution in [2.24, 2.45) is 0 Å². The largest absolute Gasteiger partial charge is 0.416 e. The summed E-state index contributed by atoms with van der Waals surface area (Å²) in [7, 11) is 0. The van der Waals surface area contributed by atoms with Gasteiger partial charge in [-0.2, -0.15) is 13.2 Å². The number of aromatic nitrogens is 1. The lowest BCUT2D eigenvalue weighted by Crippen LogP contribution is -2.49. The van der Waals surface area contributed by atoms with E-state index in [1.54, 1.807) is 17.0 Å². The first kappa shape index (κ1) is 24.3. The number of rotatable bonds is 6. The molecule has 2 heterocycles. The van der Waals surface area contributed by atoms with Crippen molar-refractivity contribution in [3.05, 3.63) is 95.2 Å². The Labute approximate surface area is 201 Å². The number of halogens is 3. The second kappa shape index (κ2) is 10.6. The monoisotopic (exact) mass is 482 g/mol. The van der Waals surface area contributed by atoms with Gasteiger partial charge in [-0.3, -0.25) is 9.59 Å². The maximum atomic E-state index is 13.0. The van der Waals surface area contributed by atoms with Crippen LogP contribution >= 0.6 is 0 Å². The van der Waals surface area contributed by atoms with Crippen molar-refractivity contribution in [1.82, 2.24) is 15.2 Å². The highest BCUT2D eigenvalue weighted by molar-refractivity contribution is 5.95. The number of pyridine rings is 1. The molecule has 3 aromatic rings. The minimum Gasteiger partial charge on any atom is -0.353 e. The van der Waals surface area contributed by atoms with Crippen molar-refractivity contribution in [2.75, 3.05) is 37.6 Å². The van der Waals surface area contributed by atoms with Gasteiger partial charge >= 0.3 is 6.18 Å². The summed E-state index contributed by atoms with van der Waals surface area (Å²) in [6.45, 7) is 2.21. The van der Waals surface area contributed by atoms with E-state index in [2.05, 4.69) is 10.3 Å². The summed E-state index contributed by atoms with van der Waals surface area (Å²) in [5.74, 6) is 0.0553. The molecular formula is C26H25F3N4O2. The van der Waals surface area contributed by atoms with Crippen LogP contribution in [0.2, 0.25) is 0 Å². The lowest BCUT2D eigenvalue weighted by Gasteiger charge is -2.35. The normalized spacial score (nSPS) is 14.0. The third-order valence-electron chi connectivity index (χ3n) is 5.88. The zero-order chi connectivity index (χ0) is 24.8. The van der Waals surface area contributed by atoms with Gasteiger partial charge in [0.2, 0.25) is 0 Å². The molecule has 0 atom stereocenters. The molecule has 4 rings (SSSR count). The fourth-order valence-corrected chi connectivity index (χ4v) is 3.92. The van der Waals surface area contributed by atoms with Crippen LogP contribution in [0.5, 0.6) is 0 Å². The third kappa shape index (κ3) is 6.17. The molecule has 9 heteroatoms. The molecule has 1 N–H and O–H groups in total. The van der Waals surface area contributed by atoms with E-state index in [9.17, 15) is 22.8 Å². The van der Waals surface area contributed by atoms with Crippen LogP contribution in [0.3, 0.4) is 0 Å². The first-order chi connectivity index (χ1) is 16.8. The van der Waals surface area contributed by atoms with Gasteiger partial charge in [0.25, 0.3) is 11.8 Å². The predicted octanol–water partition coefficient (Wildman–Crippen LogP) is 4.04. The molecule has 2 aromatic carbocycles. The summed E-state index contributed by atoms with van der Waals surface area (Å²) in [6.07, 6.45) is -2.24. The highest BCUT2D eigenvalue weighted by atomic mass is 19.4. The maximum Gasteiger partial charge on any atom is 0.416 e. The van der Waals surface area contributed by atoms with Crippen LogP contribution in [-0.4, -0.2) is 54.4 Å². The molecule has 0 aliphatic carbocycles. The molecule has 2 amide bonds. The zero-order valence-electron chi connectivity index (χ0n) is 19.0. The summed E-state index contributed by atoms with van der Waals surface area (Å²) < 4.78 is 38.9. The Morgan fingerprint density at radius 1 is 0.886 bits per heavy atom. The minimum atomic E-state index is -4.49. The van der Waals surface area contributed by atoms with Crippen molar-refractivity contribution < 1.29 is 22.8 Å². The molecule has 1 fully saturated rings. The summed E-state index contributed by atoms with van der Waals surface area (Å²) in [4.78, 5) is 33.0. The minimum absolute atomic E-state index is 0.0222. The Hall–Kier alpha value is -3.88. The van der Waals surface area contributed by atoms with Crippen LogP contribution in [0.15, 0.2) is 72.9 Å². The Morgan fingerprint density at radius 2 is 1.63 bits per heavy atom. The number of anilines is 1. The number of nitrogens with one attached hydrogen (secondary N) is 1. The average Bonchev–Trinajstić information content (AvgIpc) is 2.88. The highest BCUT2D eigenvalue weighted by Gasteiger charge is 2.31. The van der Waals surface area contributed by atoms with E-state index in [0.29, 0.717) is 44.1 Å². The topological polar surface area (TPSA) is 65.5 Å². The van der Waals surface area contributed by atoms with E-state index in [1.807, 2.05) is 35.2 Å². The summed E-state index contributed by atoms with van der Waals surface area (Å²) in [6, 6.07) is 17.8. The molecule has 0 unspecified atom stereocenters. The molecule has 0 spiro atoms. The molecule has 35 heavy (non-hydrogen) atoms. The second-order valence-corrected chi connectivity index (χ2v) is 8.25. The molecule has 1 saturated heterocycles. The Kier molecular flexibility index (Phi) is 7.33. The fourth-order valence-electron chi connectivity index (χ4n) is 3.92. The van der Waals surface area contributed by atoms with E-state index in [4.69, 9.17) is 0 Å². The summed E-state index contributed by atoms with van der Waals surface area (Å²) in [5.41, 5.74) is 0.788. The van der Waals surface area contributed by atoms with Gasteiger partial charge in [-0.05, 0) is 42.3 Å². The molecule has 1 aromatic heterocycles. The van der Waals surface area contributed by atoms with Gasteiger partial charge in [0.1, 0.15) is 5.82 Å². The fraction of sp³-hybridized carbons (Fsp3) is 0.269. The van der Waals surface area contributed by atoms with Gasteiger partial charge in [0.15, 0.2) is 0 Å². The van der Waals surface area contributed by atoms with Crippen LogP contribution in [0.25, 0.3) is 0 Å². The lowest BCUT2D eigenvalue weighted by atomic mass is 10.1. The third-order valence-corrected chi connectivity index (χ3v) is 5.88.